The second-order valence-corrected chi connectivity index (χ2v) is 5.19. The molecule has 0 aliphatic rings. The number of rotatable bonds is 4. The predicted octanol–water partition coefficient (Wildman–Crippen LogP) is 0.952. The van der Waals surface area contributed by atoms with Crippen molar-refractivity contribution in [2.45, 2.75) is 6.54 Å². The topological polar surface area (TPSA) is 118 Å². The highest BCUT2D eigenvalue weighted by Crippen LogP contribution is 2.12. The molecule has 0 radical (unpaired) electrons. The number of aromatic nitrogens is 2. The molecule has 24 heavy (non-hydrogen) atoms. The number of carbonyl (C=O) groups is 2. The van der Waals surface area contributed by atoms with Crippen LogP contribution in [0.2, 0.25) is 0 Å². The van der Waals surface area contributed by atoms with Crippen molar-refractivity contribution in [3.63, 3.8) is 0 Å². The SMILES string of the molecule is NC(=O)c1cccc(CNC(=O)c2n[nH]c(=O)c3ccccc23)c1. The van der Waals surface area contributed by atoms with Crippen LogP contribution in [0.3, 0.4) is 0 Å². The van der Waals surface area contributed by atoms with Gasteiger partial charge in [-0.25, -0.2) is 5.10 Å². The van der Waals surface area contributed by atoms with E-state index in [1.54, 1.807) is 48.5 Å². The van der Waals surface area contributed by atoms with E-state index in [-0.39, 0.29) is 17.8 Å². The third-order valence-corrected chi connectivity index (χ3v) is 3.58. The molecule has 7 heteroatoms. The molecule has 0 fully saturated rings. The molecule has 3 rings (SSSR count). The molecule has 0 aliphatic heterocycles. The summed E-state index contributed by atoms with van der Waals surface area (Å²) in [4.78, 5) is 35.3. The van der Waals surface area contributed by atoms with Crippen LogP contribution >= 0.6 is 0 Å². The molecule has 0 saturated heterocycles. The smallest absolute Gasteiger partial charge is 0.272 e. The van der Waals surface area contributed by atoms with E-state index in [1.165, 1.54) is 0 Å². The first-order valence-electron chi connectivity index (χ1n) is 7.20. The van der Waals surface area contributed by atoms with Crippen molar-refractivity contribution in [1.82, 2.24) is 15.5 Å². The summed E-state index contributed by atoms with van der Waals surface area (Å²) in [6.45, 7) is 0.203. The van der Waals surface area contributed by atoms with Gasteiger partial charge in [-0.15, -0.1) is 0 Å². The number of hydrogen-bond donors (Lipinski definition) is 3. The molecule has 1 aromatic heterocycles. The number of fused-ring (bicyclic) bond motifs is 1. The van der Waals surface area contributed by atoms with Gasteiger partial charge in [0.2, 0.25) is 5.91 Å². The van der Waals surface area contributed by atoms with Crippen LogP contribution in [-0.4, -0.2) is 22.0 Å². The molecule has 0 atom stereocenters. The van der Waals surface area contributed by atoms with Gasteiger partial charge in [-0.1, -0.05) is 30.3 Å². The molecule has 4 N–H and O–H groups in total. The van der Waals surface area contributed by atoms with Crippen molar-refractivity contribution in [3.8, 4) is 0 Å². The van der Waals surface area contributed by atoms with Crippen LogP contribution in [0.5, 0.6) is 0 Å². The van der Waals surface area contributed by atoms with Crippen LogP contribution in [0.25, 0.3) is 10.8 Å². The molecule has 7 nitrogen and oxygen atoms in total. The van der Waals surface area contributed by atoms with Crippen LogP contribution in [0.1, 0.15) is 26.4 Å². The Morgan fingerprint density at radius 3 is 2.58 bits per heavy atom. The van der Waals surface area contributed by atoms with Crippen molar-refractivity contribution in [2.24, 2.45) is 5.73 Å². The molecular formula is C17H14N4O3. The van der Waals surface area contributed by atoms with Crippen molar-refractivity contribution >= 4 is 22.6 Å². The van der Waals surface area contributed by atoms with Gasteiger partial charge in [0, 0.05) is 17.5 Å². The Bertz CT molecular complexity index is 994. The minimum atomic E-state index is -0.531. The van der Waals surface area contributed by atoms with Crippen LogP contribution in [-0.2, 0) is 6.54 Å². The zero-order valence-corrected chi connectivity index (χ0v) is 12.6. The predicted molar refractivity (Wildman–Crippen MR) is 88.5 cm³/mol. The number of amides is 2. The van der Waals surface area contributed by atoms with Crippen molar-refractivity contribution in [2.75, 3.05) is 0 Å². The summed E-state index contributed by atoms with van der Waals surface area (Å²) in [6, 6.07) is 13.4. The van der Waals surface area contributed by atoms with E-state index in [1.807, 2.05) is 0 Å². The quantitative estimate of drug-likeness (QED) is 0.662. The second kappa shape index (κ2) is 6.33. The van der Waals surface area contributed by atoms with Gasteiger partial charge in [0.05, 0.1) is 5.39 Å². The lowest BCUT2D eigenvalue weighted by molar-refractivity contribution is 0.0946. The van der Waals surface area contributed by atoms with Gasteiger partial charge in [0.15, 0.2) is 5.69 Å². The molecule has 1 heterocycles. The van der Waals surface area contributed by atoms with E-state index in [2.05, 4.69) is 15.5 Å². The van der Waals surface area contributed by atoms with Gasteiger partial charge in [-0.05, 0) is 23.8 Å². The lowest BCUT2D eigenvalue weighted by Gasteiger charge is -2.07. The number of primary amides is 1. The van der Waals surface area contributed by atoms with Crippen LogP contribution in [0.4, 0.5) is 0 Å². The highest BCUT2D eigenvalue weighted by molar-refractivity contribution is 6.04. The standard InChI is InChI=1S/C17H14N4O3/c18-15(22)11-5-3-4-10(8-11)9-19-17(24)14-12-6-1-2-7-13(12)16(23)21-20-14/h1-8H,9H2,(H2,18,22)(H,19,24)(H,21,23). The van der Waals surface area contributed by atoms with Crippen LogP contribution < -0.4 is 16.6 Å². The molecule has 0 spiro atoms. The highest BCUT2D eigenvalue weighted by Gasteiger charge is 2.13. The highest BCUT2D eigenvalue weighted by atomic mass is 16.2. The molecule has 3 aromatic rings. The molecule has 2 aromatic carbocycles. The number of H-pyrrole nitrogens is 1. The number of benzene rings is 2. The number of nitrogens with one attached hydrogen (secondary N) is 2. The van der Waals surface area contributed by atoms with Crippen LogP contribution in [0, 0.1) is 0 Å². The van der Waals surface area contributed by atoms with E-state index in [9.17, 15) is 14.4 Å². The minimum Gasteiger partial charge on any atom is -0.366 e. The average Bonchev–Trinajstić information content (AvgIpc) is 2.60. The lowest BCUT2D eigenvalue weighted by Crippen LogP contribution is -2.26. The zero-order valence-electron chi connectivity index (χ0n) is 12.6. The Balaban J connectivity index is 1.84. The van der Waals surface area contributed by atoms with E-state index in [0.29, 0.717) is 16.3 Å². The number of hydrogen-bond acceptors (Lipinski definition) is 4. The molecule has 120 valence electrons. The molecule has 0 unspecified atom stereocenters. The van der Waals surface area contributed by atoms with E-state index in [0.717, 1.165) is 5.56 Å². The Hall–Kier alpha value is -3.48. The second-order valence-electron chi connectivity index (χ2n) is 5.19. The Morgan fingerprint density at radius 2 is 1.83 bits per heavy atom. The van der Waals surface area contributed by atoms with Crippen molar-refractivity contribution < 1.29 is 9.59 Å². The van der Waals surface area contributed by atoms with Gasteiger partial charge < -0.3 is 11.1 Å². The van der Waals surface area contributed by atoms with Gasteiger partial charge in [0.1, 0.15) is 0 Å². The van der Waals surface area contributed by atoms with Crippen molar-refractivity contribution in [3.05, 3.63) is 75.7 Å². The summed E-state index contributed by atoms with van der Waals surface area (Å²) in [5.41, 5.74) is 6.12. The molecule has 0 bridgehead atoms. The Kier molecular flexibility index (Phi) is 4.07. The van der Waals surface area contributed by atoms with Gasteiger partial charge in [-0.2, -0.15) is 5.10 Å². The first-order valence-corrected chi connectivity index (χ1v) is 7.20. The molecule has 0 saturated carbocycles. The van der Waals surface area contributed by atoms with Gasteiger partial charge in [0.25, 0.3) is 11.5 Å². The normalized spacial score (nSPS) is 10.5. The number of nitrogens with two attached hydrogens (primary N) is 1. The van der Waals surface area contributed by atoms with Gasteiger partial charge >= 0.3 is 0 Å². The summed E-state index contributed by atoms with van der Waals surface area (Å²) in [5.74, 6) is -0.955. The summed E-state index contributed by atoms with van der Waals surface area (Å²) in [6.07, 6.45) is 0. The van der Waals surface area contributed by atoms with Crippen molar-refractivity contribution in [1.29, 1.82) is 0 Å². The maximum atomic E-state index is 12.4. The number of aromatic amines is 1. The third kappa shape index (κ3) is 3.00. The monoisotopic (exact) mass is 322 g/mol. The Labute approximate surface area is 136 Å². The van der Waals surface area contributed by atoms with E-state index >= 15 is 0 Å². The van der Waals surface area contributed by atoms with Gasteiger partial charge in [-0.3, -0.25) is 14.4 Å². The fourth-order valence-electron chi connectivity index (χ4n) is 2.39. The first-order chi connectivity index (χ1) is 11.6. The fourth-order valence-corrected chi connectivity index (χ4v) is 2.39. The largest absolute Gasteiger partial charge is 0.366 e. The number of carbonyl (C=O) groups excluding carboxylic acids is 2. The maximum Gasteiger partial charge on any atom is 0.272 e. The molecule has 2 amide bonds. The minimum absolute atomic E-state index is 0.135. The summed E-state index contributed by atoms with van der Waals surface area (Å²) in [5, 5.41) is 9.75. The fraction of sp³-hybridized carbons (Fsp3) is 0.0588. The number of nitrogens with zero attached hydrogens (tertiary/aromatic N) is 1. The van der Waals surface area contributed by atoms with E-state index < -0.39 is 11.8 Å². The molecule has 0 aliphatic carbocycles. The van der Waals surface area contributed by atoms with Crippen LogP contribution in [0.15, 0.2) is 53.3 Å². The van der Waals surface area contributed by atoms with E-state index in [4.69, 9.17) is 5.73 Å². The summed E-state index contributed by atoms with van der Waals surface area (Å²) in [7, 11) is 0. The third-order valence-electron chi connectivity index (χ3n) is 3.58. The first kappa shape index (κ1) is 15.4. The summed E-state index contributed by atoms with van der Waals surface area (Å²) < 4.78 is 0. The summed E-state index contributed by atoms with van der Waals surface area (Å²) >= 11 is 0. The maximum absolute atomic E-state index is 12.4. The average molecular weight is 322 g/mol. The zero-order chi connectivity index (χ0) is 17.1. The Morgan fingerprint density at radius 1 is 1.08 bits per heavy atom. The molecular weight excluding hydrogens is 308 g/mol. The lowest BCUT2D eigenvalue weighted by atomic mass is 10.1.